The minimum Gasteiger partial charge on any atom is -0.480 e. The Morgan fingerprint density at radius 1 is 0.541 bits per heavy atom. The standard InChI is InChI=1S/C54H89N21O10/c1-29(2)23-40(47(80)71-39(51(84)85)18-12-22-65-54(60)61)74-50(83)43(30(3)4)75-49(82)41(24-32-26-66-35-14-7-6-13-34(32)35)72-45(78)38(17-11-21-64-53(58)59)70-48(81)42(25-33-27-62-28-67-33)73-46(79)37(16-10-20-63-52(56)57)69-44(77)36(68-31(5)76)15-8-9-19-55/h6-7,13-14,26-30,36-43,66H,8-12,15-25,55H2,1-5H3,(H,62,67)(H,68,76)(H,69,77)(H,70,81)(H,71,80)(H,72,78)(H,73,79)(H,74,83)(H,75,82)(H,84,85)(H4,56,57,63)(H4,58,59,64)(H4,60,61,65)/t36-,37-,38-,39-,40-,41?,42-,43-/m0/s1. The molecular weight excluding hydrogens is 1100 g/mol. The number of hydrogen-bond acceptors (Lipinski definition) is 14. The van der Waals surface area contributed by atoms with Crippen LogP contribution in [0.4, 0.5) is 0 Å². The summed E-state index contributed by atoms with van der Waals surface area (Å²) in [7, 11) is 0. The molecule has 0 spiro atoms. The highest BCUT2D eigenvalue weighted by molar-refractivity contribution is 5.98. The molecule has 0 radical (unpaired) electrons. The fraction of sp³-hybridized carbons (Fsp3) is 0.574. The monoisotopic (exact) mass is 1190 g/mol. The lowest BCUT2D eigenvalue weighted by Gasteiger charge is -2.29. The number of nitrogens with one attached hydrogen (secondary N) is 10. The Bertz CT molecular complexity index is 2750. The van der Waals surface area contributed by atoms with Crippen LogP contribution >= 0.6 is 0 Å². The quantitative estimate of drug-likeness (QED) is 0.0151. The average Bonchev–Trinajstić information content (AvgIpc) is 3.43. The van der Waals surface area contributed by atoms with Crippen molar-refractivity contribution in [2.24, 2.45) is 66.9 Å². The number of aliphatic imine (C=N–C) groups is 3. The summed E-state index contributed by atoms with van der Waals surface area (Å²) in [5.74, 6) is -8.80. The van der Waals surface area contributed by atoms with Crippen LogP contribution in [0.3, 0.4) is 0 Å². The minimum absolute atomic E-state index is 0.0138. The number of aliphatic carboxylic acids is 1. The van der Waals surface area contributed by atoms with Gasteiger partial charge in [0.1, 0.15) is 48.3 Å². The van der Waals surface area contributed by atoms with Gasteiger partial charge >= 0.3 is 5.97 Å². The number of nitrogens with zero attached hydrogens (tertiary/aromatic N) is 4. The molecule has 0 bridgehead atoms. The zero-order chi connectivity index (χ0) is 63.2. The van der Waals surface area contributed by atoms with Crippen LogP contribution in [0.1, 0.15) is 110 Å². The minimum atomic E-state index is -1.45. The molecule has 8 amide bonds. The van der Waals surface area contributed by atoms with Gasteiger partial charge in [0.15, 0.2) is 17.9 Å². The Labute approximate surface area is 493 Å². The van der Waals surface area contributed by atoms with Gasteiger partial charge in [-0.15, -0.1) is 0 Å². The number of aromatic amines is 2. The smallest absolute Gasteiger partial charge is 0.326 e. The van der Waals surface area contributed by atoms with Crippen molar-refractivity contribution in [2.45, 2.75) is 160 Å². The Morgan fingerprint density at radius 2 is 0.988 bits per heavy atom. The van der Waals surface area contributed by atoms with Crippen LogP contribution in [-0.4, -0.2) is 166 Å². The second-order valence-electron chi connectivity index (χ2n) is 21.3. The normalized spacial score (nSPS) is 13.9. The topological polar surface area (TPSA) is 534 Å². The lowest BCUT2D eigenvalue weighted by atomic mass is 9.98. The van der Waals surface area contributed by atoms with Crippen LogP contribution in [0.2, 0.25) is 0 Å². The summed E-state index contributed by atoms with van der Waals surface area (Å²) in [6.45, 7) is 8.72. The van der Waals surface area contributed by atoms with Gasteiger partial charge in [-0.2, -0.15) is 0 Å². The number of benzene rings is 1. The van der Waals surface area contributed by atoms with Gasteiger partial charge in [0.2, 0.25) is 47.3 Å². The second kappa shape index (κ2) is 36.5. The highest BCUT2D eigenvalue weighted by atomic mass is 16.4. The number of carboxylic acids is 1. The summed E-state index contributed by atoms with van der Waals surface area (Å²) < 4.78 is 0. The number of fused-ring (bicyclic) bond motifs is 1. The van der Waals surface area contributed by atoms with E-state index in [4.69, 9.17) is 40.1 Å². The Morgan fingerprint density at radius 3 is 1.47 bits per heavy atom. The largest absolute Gasteiger partial charge is 0.480 e. The van der Waals surface area contributed by atoms with E-state index in [0.717, 1.165) is 5.52 Å². The van der Waals surface area contributed by atoms with Gasteiger partial charge in [0, 0.05) is 68.4 Å². The van der Waals surface area contributed by atoms with E-state index in [-0.39, 0.29) is 108 Å². The Balaban J connectivity index is 2.04. The van der Waals surface area contributed by atoms with Gasteiger partial charge in [-0.1, -0.05) is 45.9 Å². The number of H-pyrrole nitrogens is 2. The van der Waals surface area contributed by atoms with Crippen LogP contribution in [0, 0.1) is 11.8 Å². The fourth-order valence-corrected chi connectivity index (χ4v) is 8.98. The van der Waals surface area contributed by atoms with Crippen molar-refractivity contribution in [2.75, 3.05) is 26.2 Å². The van der Waals surface area contributed by atoms with Gasteiger partial charge in [0.25, 0.3) is 0 Å². The molecule has 3 rings (SSSR count). The van der Waals surface area contributed by atoms with E-state index in [0.29, 0.717) is 36.0 Å². The molecule has 1 aromatic carbocycles. The van der Waals surface area contributed by atoms with E-state index in [9.17, 15) is 48.3 Å². The van der Waals surface area contributed by atoms with Crippen molar-refractivity contribution in [3.8, 4) is 0 Å². The number of nitrogens with two attached hydrogens (primary N) is 7. The summed E-state index contributed by atoms with van der Waals surface area (Å²) >= 11 is 0. The molecule has 0 saturated carbocycles. The summed E-state index contributed by atoms with van der Waals surface area (Å²) in [4.78, 5) is 147. The molecule has 0 aliphatic carbocycles. The number of unbranched alkanes of at least 4 members (excludes halogenated alkanes) is 1. The van der Waals surface area contributed by atoms with Crippen molar-refractivity contribution in [1.82, 2.24) is 57.5 Å². The maximum absolute atomic E-state index is 14.9. The van der Waals surface area contributed by atoms with Crippen molar-refractivity contribution in [3.05, 3.63) is 54.2 Å². The predicted molar refractivity (Wildman–Crippen MR) is 320 cm³/mol. The second-order valence-corrected chi connectivity index (χ2v) is 21.3. The third-order valence-corrected chi connectivity index (χ3v) is 13.3. The highest BCUT2D eigenvalue weighted by Crippen LogP contribution is 2.20. The first-order valence-corrected chi connectivity index (χ1v) is 28.3. The highest BCUT2D eigenvalue weighted by Gasteiger charge is 2.36. The number of carbonyl (C=O) groups excluding carboxylic acids is 8. The summed E-state index contributed by atoms with van der Waals surface area (Å²) in [6, 6.07) is -3.34. The zero-order valence-corrected chi connectivity index (χ0v) is 49.1. The van der Waals surface area contributed by atoms with E-state index in [2.05, 4.69) is 72.5 Å². The number of hydrogen-bond donors (Lipinski definition) is 18. The van der Waals surface area contributed by atoms with Gasteiger partial charge < -0.3 is 97.7 Å². The molecule has 1 unspecified atom stereocenters. The molecule has 0 aliphatic rings. The van der Waals surface area contributed by atoms with Gasteiger partial charge in [0.05, 0.1) is 6.33 Å². The summed E-state index contributed by atoms with van der Waals surface area (Å²) in [5.41, 5.74) is 40.5. The molecule has 0 aliphatic heterocycles. The molecule has 0 saturated heterocycles. The van der Waals surface area contributed by atoms with Gasteiger partial charge in [-0.05, 0) is 94.2 Å². The molecule has 8 atom stereocenters. The number of aromatic nitrogens is 3. The maximum Gasteiger partial charge on any atom is 0.326 e. The molecule has 31 nitrogen and oxygen atoms in total. The number of guanidine groups is 3. The summed E-state index contributed by atoms with van der Waals surface area (Å²) in [6.07, 6.45) is 5.81. The zero-order valence-electron chi connectivity index (χ0n) is 49.1. The SMILES string of the molecule is CC(=O)N[C@@H](CCCCN)C(=O)N[C@@H](CCCN=C(N)N)C(=O)N[C@@H](Cc1cnc[nH]1)C(=O)N[C@@H](CCCN=C(N)N)C(=O)NC(Cc1c[nH]c2ccccc12)C(=O)N[C@H](C(=O)N[C@@H](CC(C)C)C(=O)N[C@@H](CCCN=C(N)N)C(=O)O)C(C)C. The van der Waals surface area contributed by atoms with E-state index in [1.807, 2.05) is 18.2 Å². The number of amides is 8. The third kappa shape index (κ3) is 26.0. The van der Waals surface area contributed by atoms with Gasteiger partial charge in [-0.25, -0.2) is 9.78 Å². The lowest BCUT2D eigenvalue weighted by molar-refractivity contribution is -0.142. The first kappa shape index (κ1) is 70.2. The molecule has 3 aromatic rings. The fourth-order valence-electron chi connectivity index (χ4n) is 8.98. The average molecular weight is 1190 g/mol. The molecule has 25 N–H and O–H groups in total. The molecule has 2 aromatic heterocycles. The number of rotatable bonds is 39. The maximum atomic E-state index is 14.9. The first-order chi connectivity index (χ1) is 40.3. The van der Waals surface area contributed by atoms with Crippen LogP contribution in [0.5, 0.6) is 0 Å². The van der Waals surface area contributed by atoms with Crippen LogP contribution in [0.25, 0.3) is 10.9 Å². The van der Waals surface area contributed by atoms with Crippen LogP contribution < -0.4 is 82.7 Å². The van der Waals surface area contributed by atoms with E-state index in [1.165, 1.54) is 19.4 Å². The van der Waals surface area contributed by atoms with E-state index < -0.39 is 107 Å². The Kier molecular flexibility index (Phi) is 30.2. The Hall–Kier alpha value is -9.03. The number of carboxylic acid groups (broad SMARTS) is 1. The molecule has 31 heteroatoms. The van der Waals surface area contributed by atoms with E-state index in [1.54, 1.807) is 40.0 Å². The van der Waals surface area contributed by atoms with Crippen molar-refractivity contribution >= 4 is 82.0 Å². The predicted octanol–water partition coefficient (Wildman–Crippen LogP) is -3.35. The van der Waals surface area contributed by atoms with Crippen molar-refractivity contribution in [3.63, 3.8) is 0 Å². The van der Waals surface area contributed by atoms with Crippen LogP contribution in [-0.2, 0) is 56.0 Å². The molecule has 2 heterocycles. The van der Waals surface area contributed by atoms with Crippen molar-refractivity contribution in [1.29, 1.82) is 0 Å². The lowest BCUT2D eigenvalue weighted by Crippen LogP contribution is -2.61. The van der Waals surface area contributed by atoms with E-state index >= 15 is 0 Å². The molecule has 85 heavy (non-hydrogen) atoms. The number of para-hydroxylation sites is 1. The third-order valence-electron chi connectivity index (χ3n) is 13.3. The van der Waals surface area contributed by atoms with Crippen molar-refractivity contribution < 1.29 is 48.3 Å². The molecular formula is C54H89N21O10. The molecule has 0 fully saturated rings. The number of imidazole rings is 1. The number of carbonyl (C=O) groups is 9. The molecule has 470 valence electrons. The van der Waals surface area contributed by atoms with Crippen LogP contribution in [0.15, 0.2) is 58.0 Å². The first-order valence-electron chi connectivity index (χ1n) is 28.3. The summed E-state index contributed by atoms with van der Waals surface area (Å²) in [5, 5.41) is 32.2. The van der Waals surface area contributed by atoms with Gasteiger partial charge in [-0.3, -0.25) is 53.3 Å².